The van der Waals surface area contributed by atoms with E-state index in [1.54, 1.807) is 18.3 Å². The van der Waals surface area contributed by atoms with Crippen LogP contribution in [-0.4, -0.2) is 46.1 Å². The maximum atomic E-state index is 12.3. The fraction of sp³-hybridized carbons (Fsp3) is 0.400. The number of fused-ring (bicyclic) bond motifs is 1. The number of nitrogens with one attached hydrogen (secondary N) is 2. The molecule has 7 heteroatoms. The van der Waals surface area contributed by atoms with Gasteiger partial charge in [0.2, 0.25) is 0 Å². The van der Waals surface area contributed by atoms with E-state index in [2.05, 4.69) is 15.6 Å². The summed E-state index contributed by atoms with van der Waals surface area (Å²) in [5.41, 5.74) is 1.11. The van der Waals surface area contributed by atoms with Crippen LogP contribution in [0.3, 0.4) is 0 Å². The molecule has 116 valence electrons. The zero-order chi connectivity index (χ0) is 15.7. The second kappa shape index (κ2) is 5.86. The summed E-state index contributed by atoms with van der Waals surface area (Å²) < 4.78 is 1.36. The largest absolute Gasteiger partial charge is 0.391 e. The van der Waals surface area contributed by atoms with Gasteiger partial charge in [0.05, 0.1) is 6.10 Å². The molecule has 1 aliphatic rings. The molecule has 1 fully saturated rings. The molecule has 22 heavy (non-hydrogen) atoms. The summed E-state index contributed by atoms with van der Waals surface area (Å²) >= 11 is 0. The summed E-state index contributed by atoms with van der Waals surface area (Å²) in [4.78, 5) is 28.7. The number of pyridine rings is 1. The Morgan fingerprint density at radius 3 is 3.09 bits per heavy atom. The summed E-state index contributed by atoms with van der Waals surface area (Å²) in [6, 6.07) is 3.57. The molecule has 0 spiro atoms. The number of aliphatic hydroxyl groups is 1. The van der Waals surface area contributed by atoms with Crippen molar-refractivity contribution in [3.8, 4) is 0 Å². The molecule has 7 nitrogen and oxygen atoms in total. The minimum atomic E-state index is -0.473. The van der Waals surface area contributed by atoms with Crippen LogP contribution >= 0.6 is 0 Å². The SMILES string of the molecule is Cc1ccn2c(=O)c(C(=O)NCC3CNCC3O)cnc2c1. The first-order chi connectivity index (χ1) is 10.6. The third-order valence-electron chi connectivity index (χ3n) is 3.94. The van der Waals surface area contributed by atoms with Gasteiger partial charge < -0.3 is 15.7 Å². The monoisotopic (exact) mass is 302 g/mol. The summed E-state index contributed by atoms with van der Waals surface area (Å²) in [7, 11) is 0. The Morgan fingerprint density at radius 1 is 1.55 bits per heavy atom. The number of hydrogen-bond acceptors (Lipinski definition) is 5. The molecule has 0 aliphatic carbocycles. The van der Waals surface area contributed by atoms with Crippen LogP contribution in [0.4, 0.5) is 0 Å². The van der Waals surface area contributed by atoms with Gasteiger partial charge in [-0.2, -0.15) is 0 Å². The van der Waals surface area contributed by atoms with E-state index in [0.29, 0.717) is 25.3 Å². The summed E-state index contributed by atoms with van der Waals surface area (Å²) in [5, 5.41) is 15.4. The Bertz CT molecular complexity index is 771. The van der Waals surface area contributed by atoms with Crippen LogP contribution in [0.1, 0.15) is 15.9 Å². The molecule has 1 saturated heterocycles. The van der Waals surface area contributed by atoms with Gasteiger partial charge in [-0.1, -0.05) is 0 Å². The highest BCUT2D eigenvalue weighted by atomic mass is 16.3. The average Bonchev–Trinajstić information content (AvgIpc) is 2.90. The number of aryl methyl sites for hydroxylation is 1. The highest BCUT2D eigenvalue weighted by molar-refractivity contribution is 5.93. The van der Waals surface area contributed by atoms with E-state index in [1.165, 1.54) is 10.6 Å². The quantitative estimate of drug-likeness (QED) is 0.698. The van der Waals surface area contributed by atoms with Gasteiger partial charge in [-0.05, 0) is 24.6 Å². The maximum Gasteiger partial charge on any atom is 0.270 e. The zero-order valence-corrected chi connectivity index (χ0v) is 12.2. The predicted molar refractivity (Wildman–Crippen MR) is 80.9 cm³/mol. The number of hydrogen-bond donors (Lipinski definition) is 3. The van der Waals surface area contributed by atoms with E-state index >= 15 is 0 Å². The standard InChI is InChI=1S/C15H18N4O3/c1-9-2-3-19-13(4-9)17-7-11(15(19)22)14(21)18-6-10-5-16-8-12(10)20/h2-4,7,10,12,16,20H,5-6,8H2,1H3,(H,18,21). The van der Waals surface area contributed by atoms with Crippen molar-refractivity contribution < 1.29 is 9.90 Å². The number of β-amino-alcohol motifs (C(OH)–C–C–N with tert-alkyl or cyclic N) is 1. The Morgan fingerprint density at radius 2 is 2.36 bits per heavy atom. The van der Waals surface area contributed by atoms with Crippen molar-refractivity contribution in [1.82, 2.24) is 20.0 Å². The van der Waals surface area contributed by atoms with E-state index in [4.69, 9.17) is 0 Å². The van der Waals surface area contributed by atoms with E-state index in [0.717, 1.165) is 5.56 Å². The average molecular weight is 302 g/mol. The van der Waals surface area contributed by atoms with Crippen LogP contribution in [0, 0.1) is 12.8 Å². The molecule has 1 amide bonds. The van der Waals surface area contributed by atoms with Crippen LogP contribution in [0.25, 0.3) is 5.65 Å². The van der Waals surface area contributed by atoms with Crippen molar-refractivity contribution in [3.05, 3.63) is 46.0 Å². The second-order valence-corrected chi connectivity index (χ2v) is 5.61. The van der Waals surface area contributed by atoms with E-state index < -0.39 is 17.6 Å². The van der Waals surface area contributed by atoms with Gasteiger partial charge in [-0.15, -0.1) is 0 Å². The summed E-state index contributed by atoms with van der Waals surface area (Å²) in [5.74, 6) is -0.505. The Balaban J connectivity index is 1.80. The van der Waals surface area contributed by atoms with Crippen LogP contribution in [0.5, 0.6) is 0 Å². The number of amides is 1. The van der Waals surface area contributed by atoms with Crippen molar-refractivity contribution in [1.29, 1.82) is 0 Å². The number of nitrogens with zero attached hydrogens (tertiary/aromatic N) is 2. The lowest BCUT2D eigenvalue weighted by Gasteiger charge is -2.14. The van der Waals surface area contributed by atoms with Gasteiger partial charge in [-0.25, -0.2) is 4.98 Å². The lowest BCUT2D eigenvalue weighted by molar-refractivity contribution is 0.0925. The second-order valence-electron chi connectivity index (χ2n) is 5.61. The first-order valence-electron chi connectivity index (χ1n) is 7.21. The van der Waals surface area contributed by atoms with Crippen LogP contribution in [0.2, 0.25) is 0 Å². The van der Waals surface area contributed by atoms with Gasteiger partial charge in [0.15, 0.2) is 0 Å². The minimum absolute atomic E-state index is 0.00167. The molecule has 2 unspecified atom stereocenters. The highest BCUT2D eigenvalue weighted by Gasteiger charge is 2.25. The molecule has 1 aliphatic heterocycles. The maximum absolute atomic E-state index is 12.3. The van der Waals surface area contributed by atoms with E-state index in [9.17, 15) is 14.7 Å². The van der Waals surface area contributed by atoms with Crippen LogP contribution in [0.15, 0.2) is 29.3 Å². The Kier molecular flexibility index (Phi) is 3.91. The molecule has 2 aromatic rings. The number of carbonyl (C=O) groups is 1. The van der Waals surface area contributed by atoms with Crippen molar-refractivity contribution in [2.75, 3.05) is 19.6 Å². The third kappa shape index (κ3) is 2.72. The molecule has 0 aromatic carbocycles. The molecule has 0 radical (unpaired) electrons. The zero-order valence-electron chi connectivity index (χ0n) is 12.2. The number of rotatable bonds is 3. The van der Waals surface area contributed by atoms with Crippen LogP contribution < -0.4 is 16.2 Å². The molecule has 2 aromatic heterocycles. The molecular formula is C15H18N4O3. The third-order valence-corrected chi connectivity index (χ3v) is 3.94. The summed E-state index contributed by atoms with van der Waals surface area (Å²) in [6.45, 7) is 3.41. The number of aliphatic hydroxyl groups excluding tert-OH is 1. The molecule has 2 atom stereocenters. The molecule has 3 N–H and O–H groups in total. The molecule has 0 saturated carbocycles. The van der Waals surface area contributed by atoms with Gasteiger partial charge in [-0.3, -0.25) is 14.0 Å². The lowest BCUT2D eigenvalue weighted by atomic mass is 10.1. The van der Waals surface area contributed by atoms with Crippen LogP contribution in [-0.2, 0) is 0 Å². The van der Waals surface area contributed by atoms with Crippen molar-refractivity contribution in [3.63, 3.8) is 0 Å². The van der Waals surface area contributed by atoms with Gasteiger partial charge in [0.1, 0.15) is 11.2 Å². The lowest BCUT2D eigenvalue weighted by Crippen LogP contribution is -2.37. The minimum Gasteiger partial charge on any atom is -0.391 e. The molecule has 3 heterocycles. The fourth-order valence-electron chi connectivity index (χ4n) is 2.58. The predicted octanol–water partition coefficient (Wildman–Crippen LogP) is -0.687. The van der Waals surface area contributed by atoms with Gasteiger partial charge >= 0.3 is 0 Å². The van der Waals surface area contributed by atoms with E-state index in [-0.39, 0.29) is 11.5 Å². The molecule has 3 rings (SSSR count). The van der Waals surface area contributed by atoms with Crippen molar-refractivity contribution in [2.24, 2.45) is 5.92 Å². The fourth-order valence-corrected chi connectivity index (χ4v) is 2.58. The number of carbonyl (C=O) groups excluding carboxylic acids is 1. The smallest absolute Gasteiger partial charge is 0.270 e. The van der Waals surface area contributed by atoms with Gasteiger partial charge in [0, 0.05) is 37.9 Å². The Hall–Kier alpha value is -2.25. The van der Waals surface area contributed by atoms with Crippen molar-refractivity contribution >= 4 is 11.6 Å². The molecular weight excluding hydrogens is 284 g/mol. The topological polar surface area (TPSA) is 95.7 Å². The molecule has 0 bridgehead atoms. The Labute approximate surface area is 127 Å². The highest BCUT2D eigenvalue weighted by Crippen LogP contribution is 2.07. The number of aromatic nitrogens is 2. The first kappa shape index (κ1) is 14.7. The normalized spacial score (nSPS) is 21.2. The first-order valence-corrected chi connectivity index (χ1v) is 7.21. The van der Waals surface area contributed by atoms with E-state index in [1.807, 2.05) is 6.92 Å². The van der Waals surface area contributed by atoms with Crippen molar-refractivity contribution in [2.45, 2.75) is 13.0 Å². The summed E-state index contributed by atoms with van der Waals surface area (Å²) in [6.07, 6.45) is 2.44. The van der Waals surface area contributed by atoms with Gasteiger partial charge in [0.25, 0.3) is 11.5 Å².